The topological polar surface area (TPSA) is 29.5 Å². The molecule has 0 saturated heterocycles. The van der Waals surface area contributed by atoms with E-state index in [2.05, 4.69) is 39.0 Å². The van der Waals surface area contributed by atoms with Crippen LogP contribution in [0.1, 0.15) is 50.5 Å². The summed E-state index contributed by atoms with van der Waals surface area (Å²) in [5.74, 6) is 0.897. The number of hydrogen-bond donors (Lipinski definition) is 0. The van der Waals surface area contributed by atoms with Gasteiger partial charge >= 0.3 is 0 Å². The molecule has 0 radical (unpaired) electrons. The van der Waals surface area contributed by atoms with Crippen LogP contribution in [-0.4, -0.2) is 31.0 Å². The zero-order valence-corrected chi connectivity index (χ0v) is 16.2. The molecule has 0 aliphatic heterocycles. The minimum Gasteiger partial charge on any atom is -0.497 e. The number of carbonyl (C=O) groups excluding carboxylic acids is 1. The number of carbonyl (C=O) groups is 1. The molecule has 134 valence electrons. The van der Waals surface area contributed by atoms with Crippen molar-refractivity contribution in [1.82, 2.24) is 4.90 Å². The van der Waals surface area contributed by atoms with Gasteiger partial charge in [0.15, 0.2) is 0 Å². The van der Waals surface area contributed by atoms with Crippen LogP contribution in [0.15, 0.2) is 42.5 Å². The van der Waals surface area contributed by atoms with Crippen LogP contribution < -0.4 is 4.74 Å². The van der Waals surface area contributed by atoms with Crippen molar-refractivity contribution in [2.24, 2.45) is 0 Å². The molecule has 0 spiro atoms. The molecule has 0 bridgehead atoms. The van der Waals surface area contributed by atoms with E-state index in [1.807, 2.05) is 43.0 Å². The molecule has 0 atom stereocenters. The first-order chi connectivity index (χ1) is 11.8. The number of nitrogens with zero attached hydrogens (tertiary/aromatic N) is 1. The predicted molar refractivity (Wildman–Crippen MR) is 104 cm³/mol. The van der Waals surface area contributed by atoms with Crippen LogP contribution in [0.25, 0.3) is 11.1 Å². The first kappa shape index (κ1) is 19.0. The first-order valence-corrected chi connectivity index (χ1v) is 8.90. The van der Waals surface area contributed by atoms with Gasteiger partial charge in [0.25, 0.3) is 5.91 Å². The fourth-order valence-electron chi connectivity index (χ4n) is 2.89. The summed E-state index contributed by atoms with van der Waals surface area (Å²) < 4.78 is 5.24. The van der Waals surface area contributed by atoms with Crippen LogP contribution >= 0.6 is 0 Å². The molecule has 0 aliphatic rings. The molecule has 0 fully saturated rings. The summed E-state index contributed by atoms with van der Waals surface area (Å²) in [7, 11) is 1.66. The maximum Gasteiger partial charge on any atom is 0.254 e. The Kier molecular flexibility index (Phi) is 5.89. The normalized spacial score (nSPS) is 11.3. The van der Waals surface area contributed by atoms with Gasteiger partial charge in [0.1, 0.15) is 5.75 Å². The average Bonchev–Trinajstić information content (AvgIpc) is 2.61. The van der Waals surface area contributed by atoms with Crippen LogP contribution in [0.4, 0.5) is 0 Å². The van der Waals surface area contributed by atoms with Gasteiger partial charge in [-0.05, 0) is 54.2 Å². The van der Waals surface area contributed by atoms with Crippen LogP contribution in [0.2, 0.25) is 0 Å². The van der Waals surface area contributed by atoms with Crippen LogP contribution in [0.3, 0.4) is 0 Å². The Hall–Kier alpha value is -2.29. The third-order valence-electron chi connectivity index (χ3n) is 4.57. The van der Waals surface area contributed by atoms with E-state index in [1.54, 1.807) is 7.11 Å². The van der Waals surface area contributed by atoms with E-state index in [-0.39, 0.29) is 11.3 Å². The first-order valence-electron chi connectivity index (χ1n) is 8.90. The monoisotopic (exact) mass is 339 g/mol. The lowest BCUT2D eigenvalue weighted by Gasteiger charge is -2.24. The summed E-state index contributed by atoms with van der Waals surface area (Å²) >= 11 is 0. The smallest absolute Gasteiger partial charge is 0.254 e. The molecule has 3 heteroatoms. The molecule has 0 N–H and O–H groups in total. The molecule has 0 aliphatic carbocycles. The summed E-state index contributed by atoms with van der Waals surface area (Å²) in [6.45, 7) is 11.9. The van der Waals surface area contributed by atoms with E-state index in [0.717, 1.165) is 22.4 Å². The van der Waals surface area contributed by atoms with E-state index >= 15 is 0 Å². The third-order valence-corrected chi connectivity index (χ3v) is 4.57. The van der Waals surface area contributed by atoms with Crippen molar-refractivity contribution >= 4 is 5.91 Å². The third kappa shape index (κ3) is 4.22. The minimum atomic E-state index is -0.00325. The van der Waals surface area contributed by atoms with Gasteiger partial charge in [-0.3, -0.25) is 4.79 Å². The lowest BCUT2D eigenvalue weighted by atomic mass is 9.84. The number of ether oxygens (including phenoxy) is 1. The van der Waals surface area contributed by atoms with E-state index in [9.17, 15) is 4.79 Å². The summed E-state index contributed by atoms with van der Waals surface area (Å²) in [5.41, 5.74) is 3.92. The number of hydrogen-bond acceptors (Lipinski definition) is 2. The largest absolute Gasteiger partial charge is 0.497 e. The Labute approximate surface area is 151 Å². The fourth-order valence-corrected chi connectivity index (χ4v) is 2.89. The zero-order valence-electron chi connectivity index (χ0n) is 16.2. The Morgan fingerprint density at radius 2 is 1.60 bits per heavy atom. The van der Waals surface area contributed by atoms with Gasteiger partial charge in [0.05, 0.1) is 7.11 Å². The standard InChI is InChI=1S/C22H29NO2/c1-7-23(8-2)21(24)20-15-17(22(3,4)5)11-14-19(20)16-9-12-18(25-6)13-10-16/h9-15H,7-8H2,1-6H3. The maximum absolute atomic E-state index is 13.1. The second-order valence-corrected chi connectivity index (χ2v) is 7.22. The van der Waals surface area contributed by atoms with Crippen LogP contribution in [-0.2, 0) is 5.41 Å². The van der Waals surface area contributed by atoms with Crippen molar-refractivity contribution in [3.8, 4) is 16.9 Å². The van der Waals surface area contributed by atoms with Gasteiger partial charge in [-0.2, -0.15) is 0 Å². The highest BCUT2D eigenvalue weighted by molar-refractivity contribution is 6.01. The van der Waals surface area contributed by atoms with Gasteiger partial charge in [-0.25, -0.2) is 0 Å². The molecule has 0 saturated carbocycles. The van der Waals surface area contributed by atoms with Crippen molar-refractivity contribution in [1.29, 1.82) is 0 Å². The van der Waals surface area contributed by atoms with Crippen molar-refractivity contribution in [2.75, 3.05) is 20.2 Å². The molecule has 25 heavy (non-hydrogen) atoms. The molecule has 0 heterocycles. The zero-order chi connectivity index (χ0) is 18.6. The highest BCUT2D eigenvalue weighted by atomic mass is 16.5. The fraction of sp³-hybridized carbons (Fsp3) is 0.409. The number of benzene rings is 2. The van der Waals surface area contributed by atoms with Crippen LogP contribution in [0, 0.1) is 0 Å². The number of amides is 1. The van der Waals surface area contributed by atoms with E-state index < -0.39 is 0 Å². The highest BCUT2D eigenvalue weighted by Crippen LogP contribution is 2.31. The minimum absolute atomic E-state index is 0.00325. The average molecular weight is 339 g/mol. The van der Waals surface area contributed by atoms with Gasteiger partial charge < -0.3 is 9.64 Å². The molecule has 2 aromatic carbocycles. The van der Waals surface area contributed by atoms with E-state index in [4.69, 9.17) is 4.74 Å². The molecular weight excluding hydrogens is 310 g/mol. The van der Waals surface area contributed by atoms with Crippen molar-refractivity contribution < 1.29 is 9.53 Å². The number of methoxy groups -OCH3 is 1. The second-order valence-electron chi connectivity index (χ2n) is 7.22. The lowest BCUT2D eigenvalue weighted by Crippen LogP contribution is -2.31. The summed E-state index contributed by atoms with van der Waals surface area (Å²) in [4.78, 5) is 15.0. The predicted octanol–water partition coefficient (Wildman–Crippen LogP) is 5.14. The van der Waals surface area contributed by atoms with Gasteiger partial charge in [0.2, 0.25) is 0 Å². The van der Waals surface area contributed by atoms with Crippen LogP contribution in [0.5, 0.6) is 5.75 Å². The molecule has 2 rings (SSSR count). The highest BCUT2D eigenvalue weighted by Gasteiger charge is 2.21. The SMILES string of the molecule is CCN(CC)C(=O)c1cc(C(C)(C)C)ccc1-c1ccc(OC)cc1. The number of rotatable bonds is 5. The van der Waals surface area contributed by atoms with Crippen molar-refractivity contribution in [3.05, 3.63) is 53.6 Å². The Balaban J connectivity index is 2.59. The molecule has 3 nitrogen and oxygen atoms in total. The molecular formula is C22H29NO2. The van der Waals surface area contributed by atoms with Crippen molar-refractivity contribution in [2.45, 2.75) is 40.0 Å². The van der Waals surface area contributed by atoms with Gasteiger partial charge in [-0.15, -0.1) is 0 Å². The summed E-state index contributed by atoms with van der Waals surface area (Å²) in [5, 5.41) is 0. The molecule has 0 aromatic heterocycles. The van der Waals surface area contributed by atoms with E-state index in [0.29, 0.717) is 13.1 Å². The quantitative estimate of drug-likeness (QED) is 0.754. The maximum atomic E-state index is 13.1. The van der Waals surface area contributed by atoms with Gasteiger partial charge in [-0.1, -0.05) is 45.0 Å². The van der Waals surface area contributed by atoms with Gasteiger partial charge in [0, 0.05) is 18.7 Å². The lowest BCUT2D eigenvalue weighted by molar-refractivity contribution is 0.0773. The Bertz CT molecular complexity index is 723. The molecule has 0 unspecified atom stereocenters. The Morgan fingerprint density at radius 3 is 2.08 bits per heavy atom. The summed E-state index contributed by atoms with van der Waals surface area (Å²) in [6, 6.07) is 14.1. The van der Waals surface area contributed by atoms with Crippen molar-refractivity contribution in [3.63, 3.8) is 0 Å². The molecule has 2 aromatic rings. The molecule has 1 amide bonds. The van der Waals surface area contributed by atoms with E-state index in [1.165, 1.54) is 5.56 Å². The second kappa shape index (κ2) is 7.73. The summed E-state index contributed by atoms with van der Waals surface area (Å²) in [6.07, 6.45) is 0. The Morgan fingerprint density at radius 1 is 1.00 bits per heavy atom.